The zero-order valence-electron chi connectivity index (χ0n) is 24.2. The highest BCUT2D eigenvalue weighted by molar-refractivity contribution is 8.14. The molecule has 5 atom stereocenters. The first-order valence-electron chi connectivity index (χ1n) is 13.1. The maximum Gasteiger partial charge on any atom is 0.475 e. The van der Waals surface area contributed by atoms with Crippen LogP contribution in [0.2, 0.25) is 0 Å². The van der Waals surface area contributed by atoms with E-state index < -0.39 is 54.0 Å². The molecule has 0 spiro atoms. The molecule has 16 heteroatoms. The van der Waals surface area contributed by atoms with E-state index in [1.54, 1.807) is 48.5 Å². The fraction of sp³-hybridized carbons (Fsp3) is 0.760. The van der Waals surface area contributed by atoms with Gasteiger partial charge in [0.15, 0.2) is 28.2 Å². The van der Waals surface area contributed by atoms with E-state index in [4.69, 9.17) is 24.0 Å². The zero-order chi connectivity index (χ0) is 31.0. The molecule has 1 aliphatic carbocycles. The number of phosphoric ester groups is 1. The molecule has 2 heterocycles. The minimum atomic E-state index is -4.45. The number of hydrogen-bond donors (Lipinski definition) is 2. The van der Waals surface area contributed by atoms with Gasteiger partial charge in [0.05, 0.1) is 13.2 Å². The number of rotatable bonds is 12. The average Bonchev–Trinajstić information content (AvgIpc) is 3.26. The predicted octanol–water partition coefficient (Wildman–Crippen LogP) is 3.72. The lowest BCUT2D eigenvalue weighted by molar-refractivity contribution is -0.118. The number of anilines is 1. The van der Waals surface area contributed by atoms with Gasteiger partial charge >= 0.3 is 13.5 Å². The van der Waals surface area contributed by atoms with Crippen LogP contribution in [0.3, 0.4) is 0 Å². The van der Waals surface area contributed by atoms with Crippen LogP contribution in [-0.2, 0) is 32.5 Å². The fourth-order valence-corrected chi connectivity index (χ4v) is 7.50. The topological polar surface area (TPSA) is 169 Å². The minimum Gasteiger partial charge on any atom is -0.383 e. The lowest BCUT2D eigenvalue weighted by Gasteiger charge is -2.25. The highest BCUT2D eigenvalue weighted by Crippen LogP contribution is 2.70. The van der Waals surface area contributed by atoms with E-state index in [0.717, 1.165) is 28.1 Å². The molecule has 1 aliphatic heterocycles. The van der Waals surface area contributed by atoms with Crippen molar-refractivity contribution in [3.63, 3.8) is 0 Å². The van der Waals surface area contributed by atoms with Gasteiger partial charge in [0.1, 0.15) is 17.5 Å². The number of nitrogens with zero attached hydrogens (tertiary/aromatic N) is 2. The molecule has 0 radical (unpaired) electrons. The first-order chi connectivity index (χ1) is 18.8. The summed E-state index contributed by atoms with van der Waals surface area (Å²) in [5.41, 5.74) is -0.468. The second kappa shape index (κ2) is 12.4. The second-order valence-electron chi connectivity index (χ2n) is 11.9. The van der Waals surface area contributed by atoms with E-state index in [9.17, 15) is 24.1 Å². The van der Waals surface area contributed by atoms with Crippen molar-refractivity contribution in [2.24, 2.45) is 10.8 Å². The summed E-state index contributed by atoms with van der Waals surface area (Å²) in [4.78, 5) is 40.3. The summed E-state index contributed by atoms with van der Waals surface area (Å²) in [7, 11) is -4.45. The summed E-state index contributed by atoms with van der Waals surface area (Å²) in [5, 5.41) is 11.1. The molecule has 1 saturated carbocycles. The number of carbonyl (C=O) groups is 2. The molecule has 2 fully saturated rings. The number of thioether (sulfide) groups is 2. The smallest absolute Gasteiger partial charge is 0.383 e. The lowest BCUT2D eigenvalue weighted by Crippen LogP contribution is -2.38. The van der Waals surface area contributed by atoms with Crippen LogP contribution in [0.15, 0.2) is 17.1 Å². The van der Waals surface area contributed by atoms with Crippen LogP contribution in [0, 0.1) is 10.8 Å². The van der Waals surface area contributed by atoms with Crippen molar-refractivity contribution in [1.82, 2.24) is 9.55 Å². The number of alkyl halides is 1. The molecule has 41 heavy (non-hydrogen) atoms. The number of hydrogen-bond acceptors (Lipinski definition) is 13. The second-order valence-corrected chi connectivity index (χ2v) is 15.6. The van der Waals surface area contributed by atoms with Crippen LogP contribution in [0.1, 0.15) is 61.1 Å². The number of aliphatic hydroxyl groups is 1. The molecule has 3 N–H and O–H groups in total. The van der Waals surface area contributed by atoms with Gasteiger partial charge in [0.25, 0.3) is 0 Å². The summed E-state index contributed by atoms with van der Waals surface area (Å²) in [6, 6.07) is 1.29. The van der Waals surface area contributed by atoms with Crippen molar-refractivity contribution < 1.29 is 42.0 Å². The quantitative estimate of drug-likeness (QED) is 0.251. The summed E-state index contributed by atoms with van der Waals surface area (Å²) in [6.45, 7) is 11.8. The van der Waals surface area contributed by atoms with E-state index in [-0.39, 0.29) is 47.2 Å². The molecule has 1 saturated heterocycles. The Kier molecular flexibility index (Phi) is 10.3. The summed E-state index contributed by atoms with van der Waals surface area (Å²) in [5.74, 6) is 0.208. The molecule has 2 aliphatic rings. The van der Waals surface area contributed by atoms with Gasteiger partial charge in [-0.15, -0.1) is 0 Å². The Balaban J connectivity index is 1.74. The number of nitrogen functional groups attached to an aromatic ring is 1. The highest BCUT2D eigenvalue weighted by atomic mass is 32.2. The van der Waals surface area contributed by atoms with Crippen molar-refractivity contribution in [1.29, 1.82) is 0 Å². The Hall–Kier alpha value is -1.32. The molecule has 0 aromatic carbocycles. The van der Waals surface area contributed by atoms with E-state index >= 15 is 4.39 Å². The Morgan fingerprint density at radius 3 is 2.07 bits per heavy atom. The van der Waals surface area contributed by atoms with Crippen molar-refractivity contribution in [3.8, 4) is 0 Å². The van der Waals surface area contributed by atoms with E-state index in [1.807, 2.05) is 0 Å². The number of halogens is 1. The van der Waals surface area contributed by atoms with Crippen LogP contribution in [0.5, 0.6) is 0 Å². The van der Waals surface area contributed by atoms with Gasteiger partial charge in [-0.1, -0.05) is 72.0 Å². The molecule has 1 aromatic rings. The van der Waals surface area contributed by atoms with E-state index in [1.165, 1.54) is 12.3 Å². The highest BCUT2D eigenvalue weighted by Gasteiger charge is 2.89. The van der Waals surface area contributed by atoms with Gasteiger partial charge in [-0.25, -0.2) is 13.8 Å². The molecule has 0 amide bonds. The molecule has 3 rings (SSSR count). The van der Waals surface area contributed by atoms with Crippen LogP contribution in [0.25, 0.3) is 0 Å². The lowest BCUT2D eigenvalue weighted by atomic mass is 9.99. The van der Waals surface area contributed by atoms with Crippen LogP contribution < -0.4 is 11.4 Å². The van der Waals surface area contributed by atoms with Crippen LogP contribution in [0.4, 0.5) is 10.2 Å². The normalized spacial score (nSPS) is 28.0. The standard InChI is InChI=1S/C25H39FN3O9PS2/c1-8-24-18(25(24,33)16(26)17(37-24)29-10-9-15(27)28-21(29)32)38-39(34,35-11-13-40-19(30)22(2,3)4)36-12-14-41-20(31)23(5,6)7/h9-10,16-18,33H,8,11-14H2,1-7H3,(H2,27,28,32)/t16-,17+,18?,24+,25+/m0/s1. The van der Waals surface area contributed by atoms with Gasteiger partial charge < -0.3 is 15.6 Å². The third-order valence-corrected chi connectivity index (χ3v) is 10.6. The SMILES string of the molecule is CC[C@]12O[C@@H](n3ccc(N)nc3=O)[C@H](F)[C@@]1(O)C2OP(=O)(OCCSC(=O)C(C)(C)C)OCCSC(=O)C(C)(C)C. The van der Waals surface area contributed by atoms with Crippen LogP contribution >= 0.6 is 31.3 Å². The number of fused-ring (bicyclic) bond motifs is 1. The van der Waals surface area contributed by atoms with Gasteiger partial charge in [-0.05, 0) is 12.5 Å². The minimum absolute atomic E-state index is 0.0358. The molecule has 0 bridgehead atoms. The van der Waals surface area contributed by atoms with E-state index in [2.05, 4.69) is 4.98 Å². The molecule has 1 aromatic heterocycles. The number of carbonyl (C=O) groups excluding carboxylic acids is 2. The summed E-state index contributed by atoms with van der Waals surface area (Å²) in [6.07, 6.45) is -3.90. The van der Waals surface area contributed by atoms with Crippen LogP contribution in [-0.4, -0.2) is 73.1 Å². The molecule has 12 nitrogen and oxygen atoms in total. The zero-order valence-corrected chi connectivity index (χ0v) is 26.8. The third kappa shape index (κ3) is 7.09. The maximum absolute atomic E-state index is 15.7. The number of aromatic nitrogens is 2. The van der Waals surface area contributed by atoms with E-state index in [0.29, 0.717) is 0 Å². The Morgan fingerprint density at radius 2 is 1.66 bits per heavy atom. The molecule has 232 valence electrons. The van der Waals surface area contributed by atoms with Gasteiger partial charge in [-0.2, -0.15) is 4.98 Å². The van der Waals surface area contributed by atoms with Crippen molar-refractivity contribution in [3.05, 3.63) is 22.7 Å². The van der Waals surface area contributed by atoms with Crippen molar-refractivity contribution >= 4 is 47.4 Å². The fourth-order valence-electron chi connectivity index (χ4n) is 4.27. The van der Waals surface area contributed by atoms with Crippen molar-refractivity contribution in [2.45, 2.75) is 84.6 Å². The average molecular weight is 640 g/mol. The Bertz CT molecular complexity index is 1210. The van der Waals surface area contributed by atoms with Gasteiger partial charge in [0.2, 0.25) is 0 Å². The monoisotopic (exact) mass is 639 g/mol. The summed E-state index contributed by atoms with van der Waals surface area (Å²) >= 11 is 1.98. The number of ether oxygens (including phenoxy) is 1. The first kappa shape index (κ1) is 34.2. The molecular formula is C25H39FN3O9PS2. The molecular weight excluding hydrogens is 600 g/mol. The predicted molar refractivity (Wildman–Crippen MR) is 154 cm³/mol. The summed E-state index contributed by atoms with van der Waals surface area (Å²) < 4.78 is 52.7. The van der Waals surface area contributed by atoms with Crippen molar-refractivity contribution in [2.75, 3.05) is 30.5 Å². The Labute approximate surface area is 247 Å². The first-order valence-corrected chi connectivity index (χ1v) is 16.6. The maximum atomic E-state index is 15.7. The van der Waals surface area contributed by atoms with Gasteiger partial charge in [0, 0.05) is 28.5 Å². The molecule has 1 unspecified atom stereocenters. The largest absolute Gasteiger partial charge is 0.475 e. The van der Waals surface area contributed by atoms with Gasteiger partial charge in [-0.3, -0.25) is 27.7 Å². The number of phosphoric acid groups is 1. The Morgan fingerprint density at radius 1 is 1.15 bits per heavy atom. The number of nitrogens with two attached hydrogens (primary N) is 1. The third-order valence-electron chi connectivity index (χ3n) is 6.66.